The molecule has 150 valence electrons. The third-order valence-corrected chi connectivity index (χ3v) is 5.82. The number of hydrogen-bond donors (Lipinski definition) is 2. The molecule has 0 radical (unpaired) electrons. The number of nitrogens with zero attached hydrogens (tertiary/aromatic N) is 2. The molecule has 6 heteroatoms. The molecule has 0 unspecified atom stereocenters. The summed E-state index contributed by atoms with van der Waals surface area (Å²) < 4.78 is 5.14. The van der Waals surface area contributed by atoms with E-state index >= 15 is 0 Å². The van der Waals surface area contributed by atoms with Gasteiger partial charge < -0.3 is 20.0 Å². The second-order valence-corrected chi connectivity index (χ2v) is 8.33. The van der Waals surface area contributed by atoms with Crippen molar-refractivity contribution < 1.29 is 9.21 Å². The first-order chi connectivity index (χ1) is 13.2. The number of benzene rings is 1. The number of hydrogen-bond acceptors (Lipinski definition) is 3. The van der Waals surface area contributed by atoms with Gasteiger partial charge >= 0.3 is 0 Å². The van der Waals surface area contributed by atoms with Crippen LogP contribution in [0.15, 0.2) is 52.1 Å². The molecule has 3 rings (SSSR count). The van der Waals surface area contributed by atoms with Gasteiger partial charge in [0, 0.05) is 29.7 Å². The minimum absolute atomic E-state index is 0.0485. The fraction of sp³-hybridized carbons (Fsp3) is 0.455. The molecule has 2 heterocycles. The van der Waals surface area contributed by atoms with Crippen LogP contribution in [0.1, 0.15) is 50.7 Å². The monoisotopic (exact) mass is 382 g/mol. The van der Waals surface area contributed by atoms with Crippen molar-refractivity contribution in [2.45, 2.75) is 46.7 Å². The summed E-state index contributed by atoms with van der Waals surface area (Å²) in [5.41, 5.74) is 2.06. The molecule has 1 aromatic heterocycles. The van der Waals surface area contributed by atoms with Gasteiger partial charge in [-0.1, -0.05) is 26.0 Å². The zero-order valence-electron chi connectivity index (χ0n) is 17.4. The number of aliphatic imine (C=N–C) groups is 1. The van der Waals surface area contributed by atoms with Crippen LogP contribution in [0.4, 0.5) is 5.69 Å². The number of likely N-dealkylation sites (tertiary alicyclic amines) is 1. The molecule has 1 amide bonds. The van der Waals surface area contributed by atoms with Gasteiger partial charge in [0.25, 0.3) is 5.91 Å². The van der Waals surface area contributed by atoms with E-state index in [0.29, 0.717) is 12.3 Å². The molecule has 1 aliphatic heterocycles. The maximum Gasteiger partial charge on any atom is 0.291 e. The highest BCUT2D eigenvalue weighted by atomic mass is 16.3. The SMILES string of the molecule is CCNC(=NCc1cccc(NC(=O)c2ccco2)c1)N1CC(C)(C)C1(C)C. The Morgan fingerprint density at radius 1 is 1.21 bits per heavy atom. The largest absolute Gasteiger partial charge is 0.459 e. The van der Waals surface area contributed by atoms with E-state index in [4.69, 9.17) is 9.41 Å². The highest BCUT2D eigenvalue weighted by Gasteiger charge is 2.53. The fourth-order valence-corrected chi connectivity index (χ4v) is 3.31. The van der Waals surface area contributed by atoms with Gasteiger partial charge in [-0.25, -0.2) is 4.99 Å². The molecule has 1 aromatic carbocycles. The van der Waals surface area contributed by atoms with Gasteiger partial charge in [-0.15, -0.1) is 0 Å². The third-order valence-electron chi connectivity index (χ3n) is 5.82. The van der Waals surface area contributed by atoms with Gasteiger partial charge in [-0.05, 0) is 50.6 Å². The molecule has 2 N–H and O–H groups in total. The van der Waals surface area contributed by atoms with Crippen LogP contribution in [0.5, 0.6) is 0 Å². The number of carbonyl (C=O) groups is 1. The number of furan rings is 1. The molecule has 1 fully saturated rings. The zero-order valence-corrected chi connectivity index (χ0v) is 17.4. The maximum absolute atomic E-state index is 12.2. The van der Waals surface area contributed by atoms with E-state index in [1.165, 1.54) is 6.26 Å². The second-order valence-electron chi connectivity index (χ2n) is 8.33. The van der Waals surface area contributed by atoms with Crippen molar-refractivity contribution in [2.24, 2.45) is 10.4 Å². The Morgan fingerprint density at radius 3 is 2.61 bits per heavy atom. The van der Waals surface area contributed by atoms with Gasteiger partial charge in [0.2, 0.25) is 0 Å². The van der Waals surface area contributed by atoms with Crippen molar-refractivity contribution >= 4 is 17.6 Å². The molecule has 28 heavy (non-hydrogen) atoms. The summed E-state index contributed by atoms with van der Waals surface area (Å²) in [7, 11) is 0. The summed E-state index contributed by atoms with van der Waals surface area (Å²) >= 11 is 0. The van der Waals surface area contributed by atoms with Crippen LogP contribution in [0.3, 0.4) is 0 Å². The average Bonchev–Trinajstić information content (AvgIpc) is 3.19. The first-order valence-electron chi connectivity index (χ1n) is 9.74. The molecular formula is C22H30N4O2. The minimum atomic E-state index is -0.261. The summed E-state index contributed by atoms with van der Waals surface area (Å²) in [6.07, 6.45) is 1.49. The molecule has 0 saturated carbocycles. The molecule has 1 aliphatic rings. The fourth-order valence-electron chi connectivity index (χ4n) is 3.31. The average molecular weight is 383 g/mol. The predicted octanol–water partition coefficient (Wildman–Crippen LogP) is 4.12. The lowest BCUT2D eigenvalue weighted by Crippen LogP contribution is -2.72. The van der Waals surface area contributed by atoms with Crippen molar-refractivity contribution in [3.05, 3.63) is 54.0 Å². The number of guanidine groups is 1. The van der Waals surface area contributed by atoms with Crippen LogP contribution in [-0.4, -0.2) is 35.4 Å². The van der Waals surface area contributed by atoms with Gasteiger partial charge in [-0.3, -0.25) is 4.79 Å². The lowest BCUT2D eigenvalue weighted by atomic mass is 9.65. The molecular weight excluding hydrogens is 352 g/mol. The predicted molar refractivity (Wildman–Crippen MR) is 112 cm³/mol. The van der Waals surface area contributed by atoms with E-state index in [2.05, 4.69) is 50.2 Å². The number of rotatable bonds is 5. The Morgan fingerprint density at radius 2 is 2.00 bits per heavy atom. The quantitative estimate of drug-likeness (QED) is 0.603. The van der Waals surface area contributed by atoms with Crippen LogP contribution in [-0.2, 0) is 6.54 Å². The van der Waals surface area contributed by atoms with Crippen LogP contribution in [0.2, 0.25) is 0 Å². The number of anilines is 1. The van der Waals surface area contributed by atoms with E-state index in [1.54, 1.807) is 12.1 Å². The first kappa shape index (κ1) is 20.0. The summed E-state index contributed by atoms with van der Waals surface area (Å²) in [4.78, 5) is 19.3. The van der Waals surface area contributed by atoms with Crippen LogP contribution in [0.25, 0.3) is 0 Å². The van der Waals surface area contributed by atoms with Crippen LogP contribution in [0, 0.1) is 5.41 Å². The van der Waals surface area contributed by atoms with Crippen molar-refractivity contribution in [2.75, 3.05) is 18.4 Å². The molecule has 6 nitrogen and oxygen atoms in total. The van der Waals surface area contributed by atoms with E-state index < -0.39 is 0 Å². The highest BCUT2D eigenvalue weighted by Crippen LogP contribution is 2.46. The van der Waals surface area contributed by atoms with E-state index in [1.807, 2.05) is 24.3 Å². The lowest BCUT2D eigenvalue weighted by Gasteiger charge is -2.62. The molecule has 2 aromatic rings. The van der Waals surface area contributed by atoms with Gasteiger partial charge in [0.15, 0.2) is 11.7 Å². The number of nitrogens with one attached hydrogen (secondary N) is 2. The molecule has 0 spiro atoms. The third kappa shape index (κ3) is 3.91. The van der Waals surface area contributed by atoms with Gasteiger partial charge in [0.05, 0.1) is 12.8 Å². The number of amides is 1. The maximum atomic E-state index is 12.2. The first-order valence-corrected chi connectivity index (χ1v) is 9.74. The minimum Gasteiger partial charge on any atom is -0.459 e. The number of carbonyl (C=O) groups excluding carboxylic acids is 1. The smallest absolute Gasteiger partial charge is 0.291 e. The van der Waals surface area contributed by atoms with Crippen LogP contribution < -0.4 is 10.6 Å². The molecule has 0 aliphatic carbocycles. The summed E-state index contributed by atoms with van der Waals surface area (Å²) in [6.45, 7) is 13.5. The highest BCUT2D eigenvalue weighted by molar-refractivity contribution is 6.02. The van der Waals surface area contributed by atoms with Crippen molar-refractivity contribution in [1.29, 1.82) is 0 Å². The summed E-state index contributed by atoms with van der Waals surface area (Å²) in [5.74, 6) is 0.959. The Hall–Kier alpha value is -2.76. The second kappa shape index (κ2) is 7.70. The van der Waals surface area contributed by atoms with Gasteiger partial charge in [0.1, 0.15) is 0 Å². The van der Waals surface area contributed by atoms with Crippen molar-refractivity contribution in [3.63, 3.8) is 0 Å². The van der Waals surface area contributed by atoms with Crippen molar-refractivity contribution in [3.8, 4) is 0 Å². The molecule has 0 bridgehead atoms. The Labute approximate surface area is 167 Å². The normalized spacial score (nSPS) is 17.8. The van der Waals surface area contributed by atoms with Crippen molar-refractivity contribution in [1.82, 2.24) is 10.2 Å². The van der Waals surface area contributed by atoms with E-state index in [9.17, 15) is 4.79 Å². The topological polar surface area (TPSA) is 69.9 Å². The standard InChI is InChI=1S/C22H30N4O2/c1-6-23-20(26-15-21(2,3)22(26,4)5)24-14-16-9-7-10-17(13-16)25-19(27)18-11-8-12-28-18/h7-13H,6,14-15H2,1-5H3,(H,23,24)(H,25,27). The Kier molecular flexibility index (Phi) is 5.49. The van der Waals surface area contributed by atoms with Crippen LogP contribution >= 0.6 is 0 Å². The van der Waals surface area contributed by atoms with E-state index in [0.717, 1.165) is 30.3 Å². The zero-order chi connectivity index (χ0) is 20.4. The summed E-state index contributed by atoms with van der Waals surface area (Å²) in [5, 5.41) is 6.27. The molecule has 1 saturated heterocycles. The molecule has 0 atom stereocenters. The Bertz CT molecular complexity index is 853. The summed E-state index contributed by atoms with van der Waals surface area (Å²) in [6, 6.07) is 11.1. The van der Waals surface area contributed by atoms with E-state index in [-0.39, 0.29) is 16.9 Å². The lowest BCUT2D eigenvalue weighted by molar-refractivity contribution is -0.0667. The van der Waals surface area contributed by atoms with Gasteiger partial charge in [-0.2, -0.15) is 0 Å². The Balaban J connectivity index is 1.71.